The Bertz CT molecular complexity index is 493. The molecule has 0 aromatic heterocycles. The van der Waals surface area contributed by atoms with Gasteiger partial charge in [0.05, 0.1) is 0 Å². The molecule has 1 saturated heterocycles. The third-order valence-electron chi connectivity index (χ3n) is 4.53. The zero-order chi connectivity index (χ0) is 18.7. The molecule has 1 rings (SSSR count). The van der Waals surface area contributed by atoms with Crippen molar-refractivity contribution in [1.29, 1.82) is 0 Å². The van der Waals surface area contributed by atoms with Gasteiger partial charge in [-0.15, -0.1) is 0 Å². The van der Waals surface area contributed by atoms with Crippen LogP contribution >= 0.6 is 0 Å². The number of hydrogen-bond donors (Lipinski definition) is 1. The van der Waals surface area contributed by atoms with Crippen LogP contribution in [-0.2, 0) is 14.3 Å². The molecule has 1 aliphatic rings. The molecule has 0 aromatic rings. The lowest BCUT2D eigenvalue weighted by Crippen LogP contribution is -2.28. The van der Waals surface area contributed by atoms with Crippen LogP contribution in [0.5, 0.6) is 0 Å². The molecule has 4 nitrogen and oxygen atoms in total. The van der Waals surface area contributed by atoms with Crippen molar-refractivity contribution in [2.24, 2.45) is 0 Å². The van der Waals surface area contributed by atoms with Gasteiger partial charge in [-0.2, -0.15) is 0 Å². The zero-order valence-corrected chi connectivity index (χ0v) is 16.4. The Labute approximate surface area is 153 Å². The van der Waals surface area contributed by atoms with E-state index in [-0.39, 0.29) is 17.8 Å². The molecule has 25 heavy (non-hydrogen) atoms. The second-order valence-electron chi connectivity index (χ2n) is 7.10. The van der Waals surface area contributed by atoms with E-state index < -0.39 is 6.23 Å². The van der Waals surface area contributed by atoms with E-state index in [0.29, 0.717) is 0 Å². The fourth-order valence-corrected chi connectivity index (χ4v) is 2.96. The number of allylic oxidation sites excluding steroid dienone is 3. The summed E-state index contributed by atoms with van der Waals surface area (Å²) >= 11 is 0. The molecule has 1 amide bonds. The van der Waals surface area contributed by atoms with Crippen LogP contribution in [0.2, 0.25) is 0 Å². The minimum absolute atomic E-state index is 0.0292. The first-order valence-electron chi connectivity index (χ1n) is 9.83. The minimum Gasteiger partial charge on any atom is -0.341 e. The Hall–Kier alpha value is -1.42. The number of hydrogen-bond acceptors (Lipinski definition) is 3. The number of nitrogens with one attached hydrogen (secondary N) is 1. The Kier molecular flexibility index (Phi) is 10.4. The highest BCUT2D eigenvalue weighted by molar-refractivity contribution is 6.00. The number of amides is 1. The van der Waals surface area contributed by atoms with E-state index in [1.54, 1.807) is 12.2 Å². The highest BCUT2D eigenvalue weighted by Gasteiger charge is 2.32. The monoisotopic (exact) mass is 349 g/mol. The first-order chi connectivity index (χ1) is 12.0. The third kappa shape index (κ3) is 8.48. The maximum Gasteiger partial charge on any atom is 0.251 e. The molecule has 2 atom stereocenters. The number of ketones is 1. The second kappa shape index (κ2) is 12.0. The van der Waals surface area contributed by atoms with Crippen molar-refractivity contribution < 1.29 is 14.3 Å². The van der Waals surface area contributed by atoms with Gasteiger partial charge in [0.2, 0.25) is 0 Å². The van der Waals surface area contributed by atoms with Gasteiger partial charge < -0.3 is 10.1 Å². The van der Waals surface area contributed by atoms with Crippen molar-refractivity contribution in [3.63, 3.8) is 0 Å². The molecule has 0 aromatic carbocycles. The first kappa shape index (κ1) is 21.6. The van der Waals surface area contributed by atoms with E-state index in [1.165, 1.54) is 25.7 Å². The summed E-state index contributed by atoms with van der Waals surface area (Å²) in [7, 11) is 0. The summed E-state index contributed by atoms with van der Waals surface area (Å²) in [5.74, 6) is -0.101. The largest absolute Gasteiger partial charge is 0.341 e. The summed E-state index contributed by atoms with van der Waals surface area (Å²) in [6.45, 7) is 8.14. The van der Waals surface area contributed by atoms with Crippen molar-refractivity contribution in [1.82, 2.24) is 5.32 Å². The maximum atomic E-state index is 12.2. The van der Waals surface area contributed by atoms with E-state index >= 15 is 0 Å². The molecule has 1 fully saturated rings. The molecule has 1 heterocycles. The van der Waals surface area contributed by atoms with E-state index in [4.69, 9.17) is 4.74 Å². The summed E-state index contributed by atoms with van der Waals surface area (Å²) in [5, 5.41) is 2.82. The van der Waals surface area contributed by atoms with Crippen LogP contribution in [0.3, 0.4) is 0 Å². The fourth-order valence-electron chi connectivity index (χ4n) is 2.96. The SMILES string of the molecule is CCCCCCC/C(C)=C/C(=O)/C=C(\C)C1NC(=O)C(CCCC)O1. The van der Waals surface area contributed by atoms with Crippen LogP contribution < -0.4 is 5.32 Å². The molecule has 4 heteroatoms. The van der Waals surface area contributed by atoms with Gasteiger partial charge in [0, 0.05) is 0 Å². The fraction of sp³-hybridized carbons (Fsp3) is 0.714. The molecule has 2 unspecified atom stereocenters. The van der Waals surface area contributed by atoms with Crippen molar-refractivity contribution in [2.45, 2.75) is 97.8 Å². The highest BCUT2D eigenvalue weighted by atomic mass is 16.5. The number of carbonyl (C=O) groups is 2. The van der Waals surface area contributed by atoms with E-state index in [1.807, 2.05) is 13.8 Å². The quantitative estimate of drug-likeness (QED) is 0.405. The molecule has 0 spiro atoms. The van der Waals surface area contributed by atoms with Gasteiger partial charge in [0.15, 0.2) is 12.0 Å². The average molecular weight is 350 g/mol. The normalized spacial score (nSPS) is 21.5. The maximum absolute atomic E-state index is 12.2. The Morgan fingerprint density at radius 1 is 1.04 bits per heavy atom. The van der Waals surface area contributed by atoms with Crippen molar-refractivity contribution in [2.75, 3.05) is 0 Å². The molecular weight excluding hydrogens is 314 g/mol. The van der Waals surface area contributed by atoms with E-state index in [0.717, 1.165) is 43.3 Å². The molecule has 0 radical (unpaired) electrons. The molecular formula is C21H35NO3. The summed E-state index contributed by atoms with van der Waals surface area (Å²) in [4.78, 5) is 24.1. The van der Waals surface area contributed by atoms with Crippen LogP contribution in [0.1, 0.15) is 85.5 Å². The smallest absolute Gasteiger partial charge is 0.251 e. The number of carbonyl (C=O) groups excluding carboxylic acids is 2. The molecule has 0 bridgehead atoms. The van der Waals surface area contributed by atoms with Gasteiger partial charge in [-0.25, -0.2) is 0 Å². The lowest BCUT2D eigenvalue weighted by atomic mass is 10.1. The lowest BCUT2D eigenvalue weighted by molar-refractivity contribution is -0.123. The number of rotatable bonds is 12. The summed E-state index contributed by atoms with van der Waals surface area (Å²) < 4.78 is 5.74. The van der Waals surface area contributed by atoms with Crippen LogP contribution in [0.4, 0.5) is 0 Å². The van der Waals surface area contributed by atoms with E-state index in [2.05, 4.69) is 19.2 Å². The Morgan fingerprint density at radius 3 is 2.40 bits per heavy atom. The van der Waals surface area contributed by atoms with Crippen LogP contribution in [-0.4, -0.2) is 24.0 Å². The van der Waals surface area contributed by atoms with Gasteiger partial charge in [0.25, 0.3) is 5.91 Å². The highest BCUT2D eigenvalue weighted by Crippen LogP contribution is 2.18. The average Bonchev–Trinajstić information content (AvgIpc) is 2.93. The predicted octanol–water partition coefficient (Wildman–Crippen LogP) is 4.84. The minimum atomic E-state index is -0.471. The standard InChI is InChI=1S/C21H35NO3/c1-5-7-9-10-11-12-16(3)14-18(23)15-17(4)21-22-20(24)19(25-21)13-8-6-2/h14-15,19,21H,5-13H2,1-4H3,(H,22,24)/b16-14+,17-15+. The Morgan fingerprint density at radius 2 is 1.72 bits per heavy atom. The predicted molar refractivity (Wildman–Crippen MR) is 102 cm³/mol. The lowest BCUT2D eigenvalue weighted by Gasteiger charge is -2.11. The van der Waals surface area contributed by atoms with Crippen molar-refractivity contribution in [3.8, 4) is 0 Å². The summed E-state index contributed by atoms with van der Waals surface area (Å²) in [5.41, 5.74) is 1.87. The molecule has 1 N–H and O–H groups in total. The van der Waals surface area contributed by atoms with Gasteiger partial charge in [0.1, 0.15) is 6.10 Å². The van der Waals surface area contributed by atoms with E-state index in [9.17, 15) is 9.59 Å². The van der Waals surface area contributed by atoms with Crippen LogP contribution in [0.25, 0.3) is 0 Å². The third-order valence-corrected chi connectivity index (χ3v) is 4.53. The van der Waals surface area contributed by atoms with Crippen molar-refractivity contribution in [3.05, 3.63) is 23.3 Å². The molecule has 142 valence electrons. The van der Waals surface area contributed by atoms with Gasteiger partial charge >= 0.3 is 0 Å². The van der Waals surface area contributed by atoms with Gasteiger partial charge in [-0.1, -0.05) is 57.9 Å². The van der Waals surface area contributed by atoms with Crippen molar-refractivity contribution >= 4 is 11.7 Å². The second-order valence-corrected chi connectivity index (χ2v) is 7.10. The van der Waals surface area contributed by atoms with Crippen LogP contribution in [0, 0.1) is 0 Å². The van der Waals surface area contributed by atoms with Gasteiger partial charge in [-0.3, -0.25) is 9.59 Å². The van der Waals surface area contributed by atoms with Gasteiger partial charge in [-0.05, 0) is 50.8 Å². The topological polar surface area (TPSA) is 55.4 Å². The summed E-state index contributed by atoms with van der Waals surface area (Å²) in [6, 6.07) is 0. The summed E-state index contributed by atoms with van der Waals surface area (Å²) in [6.07, 6.45) is 12.3. The van der Waals surface area contributed by atoms with Crippen LogP contribution in [0.15, 0.2) is 23.3 Å². The molecule has 1 aliphatic heterocycles. The Balaban J connectivity index is 2.45. The number of unbranched alkanes of at least 4 members (excludes halogenated alkanes) is 5. The zero-order valence-electron chi connectivity index (χ0n) is 16.4. The molecule has 0 saturated carbocycles. The number of ether oxygens (including phenoxy) is 1. The molecule has 0 aliphatic carbocycles. The first-order valence-corrected chi connectivity index (χ1v) is 9.83.